The Morgan fingerprint density at radius 3 is 1.68 bits per heavy atom. The topological polar surface area (TPSA) is 215 Å². The molecule has 2 aromatic carbocycles. The lowest BCUT2D eigenvalue weighted by atomic mass is 9.83. The van der Waals surface area contributed by atoms with Gasteiger partial charge in [-0.25, -0.2) is 0 Å². The van der Waals surface area contributed by atoms with E-state index < -0.39 is 103 Å². The minimum absolute atomic E-state index is 0.0517. The molecule has 18 nitrogen and oxygen atoms in total. The van der Waals surface area contributed by atoms with Gasteiger partial charge in [0.15, 0.2) is 18.7 Å². The molecule has 0 spiro atoms. The zero-order valence-electron chi connectivity index (χ0n) is 39.2. The summed E-state index contributed by atoms with van der Waals surface area (Å²) in [6.45, 7) is 12.6. The number of esters is 3. The zero-order chi connectivity index (χ0) is 48.1. The van der Waals surface area contributed by atoms with Crippen molar-refractivity contribution in [3.8, 4) is 17.6 Å². The third-order valence-electron chi connectivity index (χ3n) is 12.0. The summed E-state index contributed by atoms with van der Waals surface area (Å²) < 4.78 is 74.9. The van der Waals surface area contributed by atoms with E-state index >= 15 is 0 Å². The van der Waals surface area contributed by atoms with Crippen LogP contribution in [-0.4, -0.2) is 130 Å². The van der Waals surface area contributed by atoms with E-state index in [-0.39, 0.29) is 44.0 Å². The van der Waals surface area contributed by atoms with Gasteiger partial charge in [-0.1, -0.05) is 45.0 Å². The summed E-state index contributed by atoms with van der Waals surface area (Å²) in [4.78, 5) is 50.1. The molecule has 0 aliphatic carbocycles. The fraction of sp³-hybridized carbons (Fsp3) is 0.638. The zero-order valence-corrected chi connectivity index (χ0v) is 40.0. The SMILES string of the molecule is COc1ccc(COC2[C@H](C)C(C)O[C@@H](O[C@H]3C(O[C@@H]4O[C@@H](COC(C)=O)[C@H](C)C(C)C4OC(C)=O)C(NC(C)=O)[C@H](SCC#N)O[C@H]3COC(C)=O)[C@H]2OCc2ccc(OC)cc2)cc1. The third kappa shape index (κ3) is 14.2. The Kier molecular flexibility index (Phi) is 19.9. The van der Waals surface area contributed by atoms with Crippen molar-refractivity contribution < 1.29 is 76.0 Å². The van der Waals surface area contributed by atoms with Crippen molar-refractivity contribution in [2.45, 2.75) is 141 Å². The van der Waals surface area contributed by atoms with Gasteiger partial charge in [0.05, 0.1) is 63.6 Å². The lowest BCUT2D eigenvalue weighted by Crippen LogP contribution is -2.68. The highest BCUT2D eigenvalue weighted by molar-refractivity contribution is 8.00. The molecule has 0 radical (unpaired) electrons. The quantitative estimate of drug-likeness (QED) is 0.138. The minimum Gasteiger partial charge on any atom is -0.497 e. The monoisotopic (exact) mass is 944 g/mol. The molecule has 3 fully saturated rings. The Bertz CT molecular complexity index is 1930. The predicted molar refractivity (Wildman–Crippen MR) is 237 cm³/mol. The molecule has 6 unspecified atom stereocenters. The number of ether oxygens (including phenoxy) is 12. The van der Waals surface area contributed by atoms with Crippen LogP contribution in [0.5, 0.6) is 11.5 Å². The van der Waals surface area contributed by atoms with Gasteiger partial charge in [0.25, 0.3) is 0 Å². The van der Waals surface area contributed by atoms with Crippen LogP contribution in [0, 0.1) is 29.1 Å². The van der Waals surface area contributed by atoms with Gasteiger partial charge >= 0.3 is 17.9 Å². The Morgan fingerprint density at radius 1 is 0.636 bits per heavy atom. The van der Waals surface area contributed by atoms with Crippen molar-refractivity contribution in [2.75, 3.05) is 33.2 Å². The fourth-order valence-electron chi connectivity index (χ4n) is 8.13. The molecule has 364 valence electrons. The molecule has 15 atom stereocenters. The van der Waals surface area contributed by atoms with E-state index in [0.29, 0.717) is 11.5 Å². The van der Waals surface area contributed by atoms with E-state index in [1.807, 2.05) is 76.2 Å². The van der Waals surface area contributed by atoms with E-state index in [9.17, 15) is 24.4 Å². The molecule has 3 aliphatic rings. The van der Waals surface area contributed by atoms with Crippen molar-refractivity contribution in [1.29, 1.82) is 5.26 Å². The van der Waals surface area contributed by atoms with E-state index in [2.05, 4.69) is 11.4 Å². The Morgan fingerprint density at radius 2 is 1.17 bits per heavy atom. The molecule has 3 aliphatic heterocycles. The van der Waals surface area contributed by atoms with E-state index in [1.54, 1.807) is 14.2 Å². The molecule has 3 saturated heterocycles. The maximum absolute atomic E-state index is 13.1. The van der Waals surface area contributed by atoms with Gasteiger partial charge in [-0.2, -0.15) is 5.26 Å². The van der Waals surface area contributed by atoms with Gasteiger partial charge in [0, 0.05) is 39.5 Å². The summed E-state index contributed by atoms with van der Waals surface area (Å²) in [5.41, 5.74) is 0.746. The van der Waals surface area contributed by atoms with Crippen molar-refractivity contribution in [2.24, 2.45) is 17.8 Å². The number of carbonyl (C=O) groups excluding carboxylic acids is 4. The van der Waals surface area contributed by atoms with Crippen LogP contribution in [0.3, 0.4) is 0 Å². The Hall–Kier alpha value is -4.52. The summed E-state index contributed by atoms with van der Waals surface area (Å²) in [7, 11) is 3.18. The lowest BCUT2D eigenvalue weighted by molar-refractivity contribution is -0.355. The van der Waals surface area contributed by atoms with E-state index in [0.717, 1.165) is 22.9 Å². The predicted octanol–water partition coefficient (Wildman–Crippen LogP) is 4.87. The van der Waals surface area contributed by atoms with E-state index in [4.69, 9.17) is 56.8 Å². The number of thioether (sulfide) groups is 1. The molecule has 66 heavy (non-hydrogen) atoms. The first-order chi connectivity index (χ1) is 31.5. The summed E-state index contributed by atoms with van der Waals surface area (Å²) in [6.07, 6.45) is -9.82. The first-order valence-electron chi connectivity index (χ1n) is 22.0. The number of amides is 1. The van der Waals surface area contributed by atoms with Crippen LogP contribution in [0.4, 0.5) is 0 Å². The molecular formula is C47H64N2O16S. The highest BCUT2D eigenvalue weighted by Gasteiger charge is 2.55. The average Bonchev–Trinajstić information content (AvgIpc) is 3.28. The van der Waals surface area contributed by atoms with Gasteiger partial charge in [-0.15, -0.1) is 11.8 Å². The Balaban J connectivity index is 1.60. The van der Waals surface area contributed by atoms with Crippen molar-refractivity contribution in [3.63, 3.8) is 0 Å². The van der Waals surface area contributed by atoms with E-state index in [1.165, 1.54) is 27.7 Å². The summed E-state index contributed by atoms with van der Waals surface area (Å²) in [5, 5.41) is 12.6. The van der Waals surface area contributed by atoms with Crippen LogP contribution in [0.2, 0.25) is 0 Å². The van der Waals surface area contributed by atoms with Gasteiger partial charge in [0.1, 0.15) is 54.6 Å². The number of hydrogen-bond acceptors (Lipinski definition) is 18. The number of nitrogens with zero attached hydrogens (tertiary/aromatic N) is 1. The van der Waals surface area contributed by atoms with Crippen LogP contribution >= 0.6 is 11.8 Å². The lowest BCUT2D eigenvalue weighted by Gasteiger charge is -2.51. The Labute approximate surface area is 390 Å². The van der Waals surface area contributed by atoms with Gasteiger partial charge in [-0.3, -0.25) is 19.2 Å². The second-order valence-electron chi connectivity index (χ2n) is 16.7. The first-order valence-corrected chi connectivity index (χ1v) is 23.0. The maximum atomic E-state index is 13.1. The second kappa shape index (κ2) is 25.0. The highest BCUT2D eigenvalue weighted by Crippen LogP contribution is 2.40. The number of hydrogen-bond donors (Lipinski definition) is 1. The highest BCUT2D eigenvalue weighted by atomic mass is 32.2. The summed E-state index contributed by atoms with van der Waals surface area (Å²) in [6, 6.07) is 16.0. The van der Waals surface area contributed by atoms with Crippen LogP contribution in [-0.2, 0) is 79.8 Å². The average molecular weight is 945 g/mol. The molecule has 3 heterocycles. The van der Waals surface area contributed by atoms with Crippen LogP contribution in [0.1, 0.15) is 66.5 Å². The minimum atomic E-state index is -1.32. The molecule has 0 aromatic heterocycles. The molecule has 1 amide bonds. The fourth-order valence-corrected chi connectivity index (χ4v) is 9.02. The number of nitriles is 1. The van der Waals surface area contributed by atoms with Crippen molar-refractivity contribution in [3.05, 3.63) is 59.7 Å². The molecule has 2 aromatic rings. The third-order valence-corrected chi connectivity index (χ3v) is 13.1. The second-order valence-corrected chi connectivity index (χ2v) is 17.8. The number of carbonyl (C=O) groups is 4. The van der Waals surface area contributed by atoms with Crippen LogP contribution < -0.4 is 14.8 Å². The summed E-state index contributed by atoms with van der Waals surface area (Å²) >= 11 is 1.09. The number of nitrogens with one attached hydrogen (secondary N) is 1. The van der Waals surface area contributed by atoms with Crippen LogP contribution in [0.25, 0.3) is 0 Å². The number of benzene rings is 2. The smallest absolute Gasteiger partial charge is 0.303 e. The normalized spacial score (nSPS) is 32.0. The molecule has 0 saturated carbocycles. The number of methoxy groups -OCH3 is 2. The molecule has 19 heteroatoms. The first kappa shape index (κ1) is 52.4. The summed E-state index contributed by atoms with van der Waals surface area (Å²) in [5.74, 6) is -1.77. The van der Waals surface area contributed by atoms with Crippen molar-refractivity contribution >= 4 is 35.6 Å². The van der Waals surface area contributed by atoms with Crippen molar-refractivity contribution in [1.82, 2.24) is 5.32 Å². The van der Waals surface area contributed by atoms with Gasteiger partial charge in [-0.05, 0) is 48.2 Å². The molecule has 1 N–H and O–H groups in total. The molecule has 5 rings (SSSR count). The number of rotatable bonds is 20. The standard InChI is InChI=1S/C47H64N2O16S/c1-25-26(2)41(61-32(8)53)45(62-37(25)23-56-30(6)51)65-43-39(49-29(5)50)47(66-20-19-48)63-38(24-57-31(7)52)42(43)64-46-44(59-22-34-13-17-36(55-10)18-14-34)40(27(3)28(4)60-46)58-21-33-11-15-35(54-9)16-12-33/h11-18,25-28,37-47H,20-24H2,1-10H3,(H,49,50)/t25-,26?,27-,28?,37+,38+,39?,40?,41?,42-,43?,44+,45+,46+,47+/m1/s1. The molecular weight excluding hydrogens is 881 g/mol. The van der Waals surface area contributed by atoms with Gasteiger partial charge < -0.3 is 62.2 Å². The van der Waals surface area contributed by atoms with Crippen LogP contribution in [0.15, 0.2) is 48.5 Å². The maximum Gasteiger partial charge on any atom is 0.303 e. The molecule has 0 bridgehead atoms. The largest absolute Gasteiger partial charge is 0.497 e. The van der Waals surface area contributed by atoms with Gasteiger partial charge in [0.2, 0.25) is 5.91 Å².